The highest BCUT2D eigenvalue weighted by Crippen LogP contribution is 2.31. The molecule has 0 aromatic heterocycles. The summed E-state index contributed by atoms with van der Waals surface area (Å²) in [6, 6.07) is 0. The van der Waals surface area contributed by atoms with Gasteiger partial charge in [-0.3, -0.25) is 0 Å². The zero-order chi connectivity index (χ0) is 13.4. The number of aliphatic hydroxyl groups is 2. The lowest BCUT2D eigenvalue weighted by Crippen LogP contribution is -2.21. The molecule has 1 saturated heterocycles. The van der Waals surface area contributed by atoms with Crippen LogP contribution in [0.15, 0.2) is 60.1 Å². The van der Waals surface area contributed by atoms with Crippen LogP contribution in [0, 0.1) is 0 Å². The number of allylic oxidation sites excluding steroid dienone is 4. The number of rotatable bonds is 4. The van der Waals surface area contributed by atoms with Crippen molar-refractivity contribution in [1.29, 1.82) is 0 Å². The van der Waals surface area contributed by atoms with Gasteiger partial charge in [-0.15, -0.1) is 0 Å². The van der Waals surface area contributed by atoms with Crippen LogP contribution >= 0.6 is 0 Å². The van der Waals surface area contributed by atoms with Gasteiger partial charge in [0.25, 0.3) is 0 Å². The van der Waals surface area contributed by atoms with E-state index in [1.807, 2.05) is 13.0 Å². The molecule has 0 aromatic rings. The van der Waals surface area contributed by atoms with E-state index in [1.54, 1.807) is 24.3 Å². The van der Waals surface area contributed by atoms with Gasteiger partial charge in [0.05, 0.1) is 12.9 Å². The molecule has 1 fully saturated rings. The standard InChI is InChI=1S/C15H20O3/c1-3-12(6-5-10-16)14-8-7-13(4-2)15(18-14)9-11-17/h3-6,9-10,14,16-17H,1,7-8,11H2,2H3/b10-5+,12-6+,13-4-,15-9+. The quantitative estimate of drug-likeness (QED) is 0.593. The maximum absolute atomic E-state index is 8.99. The average molecular weight is 248 g/mol. The molecule has 2 N–H and O–H groups in total. The maximum Gasteiger partial charge on any atom is 0.124 e. The van der Waals surface area contributed by atoms with Gasteiger partial charge in [0.15, 0.2) is 0 Å². The lowest BCUT2D eigenvalue weighted by Gasteiger charge is -2.29. The summed E-state index contributed by atoms with van der Waals surface area (Å²) < 4.78 is 5.86. The molecule has 1 aliphatic rings. The van der Waals surface area contributed by atoms with Crippen LogP contribution in [-0.4, -0.2) is 22.9 Å². The number of ether oxygens (including phenoxy) is 1. The first-order valence-corrected chi connectivity index (χ1v) is 6.03. The lowest BCUT2D eigenvalue weighted by molar-refractivity contribution is 0.124. The predicted octanol–water partition coefficient (Wildman–Crippen LogP) is 3.17. The highest BCUT2D eigenvalue weighted by Gasteiger charge is 2.22. The van der Waals surface area contributed by atoms with Crippen LogP contribution in [0.25, 0.3) is 0 Å². The van der Waals surface area contributed by atoms with E-state index in [4.69, 9.17) is 14.9 Å². The smallest absolute Gasteiger partial charge is 0.124 e. The number of aliphatic hydroxyl groups excluding tert-OH is 2. The van der Waals surface area contributed by atoms with Gasteiger partial charge in [-0.25, -0.2) is 0 Å². The molecule has 0 bridgehead atoms. The molecule has 3 nitrogen and oxygen atoms in total. The van der Waals surface area contributed by atoms with Crippen molar-refractivity contribution in [2.45, 2.75) is 25.9 Å². The Balaban J connectivity index is 2.88. The first-order chi connectivity index (χ1) is 8.76. The summed E-state index contributed by atoms with van der Waals surface area (Å²) in [5.41, 5.74) is 2.03. The summed E-state index contributed by atoms with van der Waals surface area (Å²) in [4.78, 5) is 0. The average Bonchev–Trinajstić information content (AvgIpc) is 2.40. The maximum atomic E-state index is 8.99. The van der Waals surface area contributed by atoms with E-state index in [2.05, 4.69) is 6.58 Å². The Bertz CT molecular complexity index is 400. The molecule has 3 heteroatoms. The normalized spacial score (nSPS) is 25.7. The Labute approximate surface area is 108 Å². The summed E-state index contributed by atoms with van der Waals surface area (Å²) in [6.45, 7) is 5.67. The summed E-state index contributed by atoms with van der Waals surface area (Å²) in [6.07, 6.45) is 11.4. The molecule has 0 spiro atoms. The van der Waals surface area contributed by atoms with Gasteiger partial charge in [-0.05, 0) is 43.1 Å². The molecule has 1 heterocycles. The van der Waals surface area contributed by atoms with E-state index in [1.165, 1.54) is 0 Å². The Hall–Kier alpha value is -1.74. The third-order valence-corrected chi connectivity index (χ3v) is 2.87. The summed E-state index contributed by atoms with van der Waals surface area (Å²) >= 11 is 0. The van der Waals surface area contributed by atoms with E-state index >= 15 is 0 Å². The van der Waals surface area contributed by atoms with Gasteiger partial charge in [0, 0.05) is 0 Å². The van der Waals surface area contributed by atoms with Crippen molar-refractivity contribution < 1.29 is 14.9 Å². The Morgan fingerprint density at radius 3 is 2.89 bits per heavy atom. The van der Waals surface area contributed by atoms with Gasteiger partial charge in [-0.2, -0.15) is 0 Å². The largest absolute Gasteiger partial charge is 0.516 e. The summed E-state index contributed by atoms with van der Waals surface area (Å²) in [7, 11) is 0. The molecule has 1 rings (SSSR count). The van der Waals surface area contributed by atoms with E-state index in [9.17, 15) is 0 Å². The number of hydrogen-bond donors (Lipinski definition) is 2. The second-order valence-corrected chi connectivity index (χ2v) is 3.92. The van der Waals surface area contributed by atoms with E-state index in [-0.39, 0.29) is 12.7 Å². The Morgan fingerprint density at radius 2 is 2.33 bits per heavy atom. The summed E-state index contributed by atoms with van der Waals surface area (Å²) in [5, 5.41) is 17.7. The molecule has 1 aliphatic heterocycles. The van der Waals surface area contributed by atoms with E-state index in [0.29, 0.717) is 0 Å². The van der Waals surface area contributed by atoms with Crippen LogP contribution in [0.4, 0.5) is 0 Å². The molecule has 0 saturated carbocycles. The van der Waals surface area contributed by atoms with Crippen LogP contribution in [0.2, 0.25) is 0 Å². The van der Waals surface area contributed by atoms with Crippen LogP contribution in [0.1, 0.15) is 19.8 Å². The minimum atomic E-state index is -0.0831. The van der Waals surface area contributed by atoms with Crippen molar-refractivity contribution in [2.24, 2.45) is 0 Å². The first-order valence-electron chi connectivity index (χ1n) is 6.03. The SMILES string of the molecule is C=C/C(=C\C=C\O)C1CCC(=C/C)/C(=C\CO)O1. The molecule has 1 atom stereocenters. The third-order valence-electron chi connectivity index (χ3n) is 2.87. The molecule has 98 valence electrons. The summed E-state index contributed by atoms with van der Waals surface area (Å²) in [5.74, 6) is 0.733. The predicted molar refractivity (Wildman–Crippen MR) is 73.1 cm³/mol. The zero-order valence-electron chi connectivity index (χ0n) is 10.7. The molecule has 0 amide bonds. The molecule has 1 unspecified atom stereocenters. The molecular weight excluding hydrogens is 228 g/mol. The molecule has 0 radical (unpaired) electrons. The lowest BCUT2D eigenvalue weighted by atomic mass is 9.96. The van der Waals surface area contributed by atoms with Crippen LogP contribution in [0.5, 0.6) is 0 Å². The van der Waals surface area contributed by atoms with Crippen LogP contribution in [-0.2, 0) is 4.74 Å². The van der Waals surface area contributed by atoms with E-state index < -0.39 is 0 Å². The van der Waals surface area contributed by atoms with E-state index in [0.717, 1.165) is 36.0 Å². The second kappa shape index (κ2) is 7.56. The minimum Gasteiger partial charge on any atom is -0.516 e. The van der Waals surface area contributed by atoms with Gasteiger partial charge < -0.3 is 14.9 Å². The first kappa shape index (κ1) is 14.3. The molecule has 0 aromatic carbocycles. The van der Waals surface area contributed by atoms with Gasteiger partial charge in [0.2, 0.25) is 0 Å². The monoisotopic (exact) mass is 248 g/mol. The Morgan fingerprint density at radius 1 is 1.56 bits per heavy atom. The van der Waals surface area contributed by atoms with Crippen LogP contribution < -0.4 is 0 Å². The minimum absolute atomic E-state index is 0.0386. The van der Waals surface area contributed by atoms with Gasteiger partial charge in [-0.1, -0.05) is 24.8 Å². The fraction of sp³-hybridized carbons (Fsp3) is 0.333. The van der Waals surface area contributed by atoms with Crippen LogP contribution in [0.3, 0.4) is 0 Å². The van der Waals surface area contributed by atoms with Crippen molar-refractivity contribution in [3.05, 3.63) is 60.1 Å². The molecular formula is C15H20O3. The highest BCUT2D eigenvalue weighted by molar-refractivity contribution is 5.33. The highest BCUT2D eigenvalue weighted by atomic mass is 16.5. The fourth-order valence-electron chi connectivity index (χ4n) is 1.94. The molecule has 18 heavy (non-hydrogen) atoms. The Kier molecular flexibility index (Phi) is 6.01. The van der Waals surface area contributed by atoms with Gasteiger partial charge in [0.1, 0.15) is 11.9 Å². The van der Waals surface area contributed by atoms with Gasteiger partial charge >= 0.3 is 0 Å². The van der Waals surface area contributed by atoms with Crippen molar-refractivity contribution in [1.82, 2.24) is 0 Å². The van der Waals surface area contributed by atoms with Crippen molar-refractivity contribution in [3.8, 4) is 0 Å². The molecule has 0 aliphatic carbocycles. The van der Waals surface area contributed by atoms with Crippen molar-refractivity contribution in [2.75, 3.05) is 6.61 Å². The topological polar surface area (TPSA) is 49.7 Å². The second-order valence-electron chi connectivity index (χ2n) is 3.92. The zero-order valence-corrected chi connectivity index (χ0v) is 10.7. The van der Waals surface area contributed by atoms with Crippen molar-refractivity contribution in [3.63, 3.8) is 0 Å². The fourth-order valence-corrected chi connectivity index (χ4v) is 1.94. The van der Waals surface area contributed by atoms with Crippen molar-refractivity contribution >= 4 is 0 Å². The third kappa shape index (κ3) is 3.64. The number of hydrogen-bond acceptors (Lipinski definition) is 3.